The quantitative estimate of drug-likeness (QED) is 0.579. The van der Waals surface area contributed by atoms with Gasteiger partial charge in [-0.15, -0.1) is 0 Å². The Morgan fingerprint density at radius 1 is 1.34 bits per heavy atom. The van der Waals surface area contributed by atoms with Gasteiger partial charge in [0.25, 0.3) is 0 Å². The molecule has 1 saturated heterocycles. The molecular formula is C22H26N4O3. The number of benzene rings is 1. The number of rotatable bonds is 6. The molecule has 3 rings (SSSR count). The van der Waals surface area contributed by atoms with Crippen molar-refractivity contribution in [1.82, 2.24) is 15.6 Å². The summed E-state index contributed by atoms with van der Waals surface area (Å²) in [5.74, 6) is 6.27. The summed E-state index contributed by atoms with van der Waals surface area (Å²) < 4.78 is 5.85. The van der Waals surface area contributed by atoms with Crippen LogP contribution < -0.4 is 15.5 Å². The first-order valence-electron chi connectivity index (χ1n) is 9.85. The lowest BCUT2D eigenvalue weighted by Crippen LogP contribution is -2.39. The summed E-state index contributed by atoms with van der Waals surface area (Å²) in [6, 6.07) is 5.49. The molecule has 152 valence electrons. The number of pyridine rings is 1. The van der Waals surface area contributed by atoms with Gasteiger partial charge in [0.1, 0.15) is 12.9 Å². The molecule has 2 heterocycles. The Balaban J connectivity index is 1.83. The highest BCUT2D eigenvalue weighted by atomic mass is 16.5. The van der Waals surface area contributed by atoms with Crippen molar-refractivity contribution in [2.24, 2.45) is 0 Å². The van der Waals surface area contributed by atoms with Crippen LogP contribution in [0.4, 0.5) is 10.5 Å². The van der Waals surface area contributed by atoms with E-state index < -0.39 is 0 Å². The second-order valence-corrected chi connectivity index (χ2v) is 6.78. The van der Waals surface area contributed by atoms with Crippen molar-refractivity contribution >= 4 is 28.8 Å². The van der Waals surface area contributed by atoms with Crippen LogP contribution >= 0.6 is 0 Å². The van der Waals surface area contributed by atoms with Crippen LogP contribution in [0.1, 0.15) is 24.8 Å². The Hall–Kier alpha value is -2.95. The van der Waals surface area contributed by atoms with Crippen molar-refractivity contribution in [2.75, 3.05) is 38.2 Å². The SMILES string of the molecule is CNC(=O)N(CCC=O)c1cncc2c(C#CCOC3CCNCC3)cccc12. The number of hydrogen-bond donors (Lipinski definition) is 2. The van der Waals surface area contributed by atoms with Crippen LogP contribution in [0.2, 0.25) is 0 Å². The molecule has 1 aliphatic rings. The first-order valence-corrected chi connectivity index (χ1v) is 9.85. The van der Waals surface area contributed by atoms with Gasteiger partial charge in [0, 0.05) is 42.5 Å². The summed E-state index contributed by atoms with van der Waals surface area (Å²) >= 11 is 0. The molecule has 0 atom stereocenters. The van der Waals surface area contributed by atoms with Crippen LogP contribution in [0.15, 0.2) is 30.6 Å². The maximum Gasteiger partial charge on any atom is 0.321 e. The number of urea groups is 1. The zero-order valence-corrected chi connectivity index (χ0v) is 16.6. The van der Waals surface area contributed by atoms with Crippen LogP contribution in [-0.2, 0) is 9.53 Å². The smallest absolute Gasteiger partial charge is 0.321 e. The fraction of sp³-hybridized carbons (Fsp3) is 0.409. The van der Waals surface area contributed by atoms with Crippen LogP contribution in [0.3, 0.4) is 0 Å². The molecular weight excluding hydrogens is 368 g/mol. The summed E-state index contributed by atoms with van der Waals surface area (Å²) in [7, 11) is 1.56. The van der Waals surface area contributed by atoms with Crippen LogP contribution in [-0.4, -0.2) is 56.7 Å². The molecule has 0 radical (unpaired) electrons. The molecule has 0 bridgehead atoms. The van der Waals surface area contributed by atoms with Gasteiger partial charge in [0.2, 0.25) is 0 Å². The van der Waals surface area contributed by atoms with E-state index in [0.29, 0.717) is 12.3 Å². The van der Waals surface area contributed by atoms with Gasteiger partial charge in [0.15, 0.2) is 0 Å². The first-order chi connectivity index (χ1) is 14.2. The summed E-state index contributed by atoms with van der Waals surface area (Å²) in [5, 5.41) is 7.66. The second-order valence-electron chi connectivity index (χ2n) is 6.78. The molecule has 0 spiro atoms. The number of carbonyl (C=O) groups excluding carboxylic acids is 2. The third-order valence-electron chi connectivity index (χ3n) is 4.90. The topological polar surface area (TPSA) is 83.6 Å². The van der Waals surface area contributed by atoms with Crippen LogP contribution in [0.5, 0.6) is 0 Å². The number of aldehydes is 1. The van der Waals surface area contributed by atoms with E-state index in [1.54, 1.807) is 19.4 Å². The zero-order chi connectivity index (χ0) is 20.5. The predicted octanol–water partition coefficient (Wildman–Crippen LogP) is 2.09. The van der Waals surface area contributed by atoms with E-state index in [-0.39, 0.29) is 25.1 Å². The Bertz CT molecular complexity index is 913. The molecule has 2 amide bonds. The van der Waals surface area contributed by atoms with E-state index in [2.05, 4.69) is 27.5 Å². The van der Waals surface area contributed by atoms with Crippen LogP contribution in [0.25, 0.3) is 10.8 Å². The molecule has 1 aromatic carbocycles. The largest absolute Gasteiger partial charge is 0.365 e. The average Bonchev–Trinajstić information content (AvgIpc) is 2.77. The van der Waals surface area contributed by atoms with Gasteiger partial charge in [-0.05, 0) is 32.0 Å². The third kappa shape index (κ3) is 5.31. The Labute approximate surface area is 170 Å². The maximum atomic E-state index is 12.3. The maximum absolute atomic E-state index is 12.3. The van der Waals surface area contributed by atoms with Crippen molar-refractivity contribution in [1.29, 1.82) is 0 Å². The van der Waals surface area contributed by atoms with Crippen molar-refractivity contribution in [3.05, 3.63) is 36.2 Å². The molecule has 29 heavy (non-hydrogen) atoms. The fourth-order valence-electron chi connectivity index (χ4n) is 3.40. The average molecular weight is 394 g/mol. The summed E-state index contributed by atoms with van der Waals surface area (Å²) in [6.07, 6.45) is 6.73. The van der Waals surface area contributed by atoms with Gasteiger partial charge in [-0.2, -0.15) is 0 Å². The highest BCUT2D eigenvalue weighted by Gasteiger charge is 2.17. The molecule has 2 N–H and O–H groups in total. The van der Waals surface area contributed by atoms with E-state index in [1.807, 2.05) is 18.2 Å². The Morgan fingerprint density at radius 3 is 2.93 bits per heavy atom. The van der Waals surface area contributed by atoms with Gasteiger partial charge in [0.05, 0.1) is 18.0 Å². The fourth-order valence-corrected chi connectivity index (χ4v) is 3.40. The number of ether oxygens (including phenoxy) is 1. The minimum Gasteiger partial charge on any atom is -0.365 e. The highest BCUT2D eigenvalue weighted by molar-refractivity contribution is 6.04. The molecule has 0 aliphatic carbocycles. The van der Waals surface area contributed by atoms with Gasteiger partial charge in [-0.1, -0.05) is 24.0 Å². The van der Waals surface area contributed by atoms with E-state index in [4.69, 9.17) is 4.74 Å². The number of amides is 2. The molecule has 0 saturated carbocycles. The number of nitrogens with one attached hydrogen (secondary N) is 2. The van der Waals surface area contributed by atoms with E-state index in [0.717, 1.165) is 48.6 Å². The molecule has 1 aliphatic heterocycles. The van der Waals surface area contributed by atoms with Gasteiger partial charge < -0.3 is 20.2 Å². The summed E-state index contributed by atoms with van der Waals surface area (Å²) in [5.41, 5.74) is 1.48. The number of aromatic nitrogens is 1. The van der Waals surface area contributed by atoms with Crippen molar-refractivity contribution in [3.63, 3.8) is 0 Å². The summed E-state index contributed by atoms with van der Waals surface area (Å²) in [6.45, 7) is 2.64. The van der Waals surface area contributed by atoms with Gasteiger partial charge in [-0.3, -0.25) is 9.88 Å². The minimum atomic E-state index is -0.284. The molecule has 1 aromatic heterocycles. The first kappa shape index (κ1) is 20.8. The number of fused-ring (bicyclic) bond motifs is 1. The highest BCUT2D eigenvalue weighted by Crippen LogP contribution is 2.28. The lowest BCUT2D eigenvalue weighted by atomic mass is 10.1. The van der Waals surface area contributed by atoms with Gasteiger partial charge >= 0.3 is 6.03 Å². The lowest BCUT2D eigenvalue weighted by molar-refractivity contribution is -0.107. The number of anilines is 1. The van der Waals surface area contributed by atoms with Crippen LogP contribution in [0, 0.1) is 11.8 Å². The predicted molar refractivity (Wildman–Crippen MR) is 113 cm³/mol. The normalized spacial score (nSPS) is 14.1. The number of nitrogens with zero attached hydrogens (tertiary/aromatic N) is 2. The second kappa shape index (κ2) is 10.6. The number of carbonyl (C=O) groups is 2. The standard InChI is InChI=1S/C22H26N4O3/c1-23-22(28)26(12-4-13-27)21-16-25-15-20-17(5-2-7-19(20)21)6-3-14-29-18-8-10-24-11-9-18/h2,5,7,13,15-16,18,24H,4,8-12,14H2,1H3,(H,23,28). The zero-order valence-electron chi connectivity index (χ0n) is 16.6. The monoisotopic (exact) mass is 394 g/mol. The molecule has 7 nitrogen and oxygen atoms in total. The third-order valence-corrected chi connectivity index (χ3v) is 4.90. The number of piperidine rings is 1. The molecule has 7 heteroatoms. The van der Waals surface area contributed by atoms with E-state index in [9.17, 15) is 9.59 Å². The molecule has 0 unspecified atom stereocenters. The Kier molecular flexibility index (Phi) is 7.56. The molecule has 2 aromatic rings. The lowest BCUT2D eigenvalue weighted by Gasteiger charge is -2.22. The van der Waals surface area contributed by atoms with Crippen molar-refractivity contribution < 1.29 is 14.3 Å². The van der Waals surface area contributed by atoms with Crippen molar-refractivity contribution in [3.8, 4) is 11.8 Å². The van der Waals surface area contributed by atoms with Crippen molar-refractivity contribution in [2.45, 2.75) is 25.4 Å². The van der Waals surface area contributed by atoms with Gasteiger partial charge in [-0.25, -0.2) is 4.79 Å². The Morgan fingerprint density at radius 2 is 2.17 bits per heavy atom. The van der Waals surface area contributed by atoms with E-state index in [1.165, 1.54) is 4.90 Å². The minimum absolute atomic E-state index is 0.247. The summed E-state index contributed by atoms with van der Waals surface area (Å²) in [4.78, 5) is 29.0. The molecule has 1 fully saturated rings. The van der Waals surface area contributed by atoms with E-state index >= 15 is 0 Å². The number of hydrogen-bond acceptors (Lipinski definition) is 5.